The molecular formula is C31H42N8O10. The summed E-state index contributed by atoms with van der Waals surface area (Å²) in [5.74, 6) is -8.58. The van der Waals surface area contributed by atoms with Gasteiger partial charge in [0.2, 0.25) is 41.4 Å². The third-order valence-electron chi connectivity index (χ3n) is 7.16. The average molecular weight is 687 g/mol. The smallest absolute Gasteiger partial charge is 0.305 e. The highest BCUT2D eigenvalue weighted by molar-refractivity contribution is 5.98. The Hall–Kier alpha value is -5.62. The SMILES string of the molecule is CC(C)[C@H](NC(=O)[C@H](CO)NC(=O)[C@H](CC(N)=O)NC(=O)[C@H](Cc1ccc2ccccc2c1)NC(=O)[C@@H](N)CC(=O)O)C(=O)NCC(N)=O. The molecule has 2 aromatic carbocycles. The Bertz CT molecular complexity index is 1570. The van der Waals surface area contributed by atoms with E-state index in [1.165, 1.54) is 0 Å². The van der Waals surface area contributed by atoms with Crippen molar-refractivity contribution in [3.05, 3.63) is 48.0 Å². The highest BCUT2D eigenvalue weighted by Gasteiger charge is 2.33. The molecule has 7 amide bonds. The minimum atomic E-state index is -1.71. The summed E-state index contributed by atoms with van der Waals surface area (Å²) in [6.07, 6.45) is -1.65. The first-order valence-electron chi connectivity index (χ1n) is 15.1. The molecule has 0 aliphatic carbocycles. The van der Waals surface area contributed by atoms with Crippen molar-refractivity contribution in [2.45, 2.75) is 63.3 Å². The number of carbonyl (C=O) groups is 8. The van der Waals surface area contributed by atoms with Crippen LogP contribution in [0.2, 0.25) is 0 Å². The van der Waals surface area contributed by atoms with Gasteiger partial charge in [0.1, 0.15) is 24.2 Å². The van der Waals surface area contributed by atoms with Gasteiger partial charge < -0.3 is 54.0 Å². The molecule has 0 heterocycles. The predicted molar refractivity (Wildman–Crippen MR) is 174 cm³/mol. The average Bonchev–Trinajstić information content (AvgIpc) is 3.03. The number of primary amides is 2. The Morgan fingerprint density at radius 3 is 1.84 bits per heavy atom. The van der Waals surface area contributed by atoms with E-state index in [0.717, 1.165) is 10.8 Å². The van der Waals surface area contributed by atoms with Crippen LogP contribution in [0, 0.1) is 5.92 Å². The molecule has 0 aliphatic rings. The lowest BCUT2D eigenvalue weighted by Crippen LogP contribution is -2.61. The summed E-state index contributed by atoms with van der Waals surface area (Å²) in [7, 11) is 0. The molecule has 0 aliphatic heterocycles. The van der Waals surface area contributed by atoms with Crippen molar-refractivity contribution in [2.75, 3.05) is 13.2 Å². The molecule has 2 rings (SSSR count). The van der Waals surface area contributed by atoms with Crippen LogP contribution in [0.4, 0.5) is 0 Å². The van der Waals surface area contributed by atoms with E-state index in [1.807, 2.05) is 18.2 Å². The highest BCUT2D eigenvalue weighted by atomic mass is 16.4. The summed E-state index contributed by atoms with van der Waals surface area (Å²) < 4.78 is 0. The van der Waals surface area contributed by atoms with Crippen LogP contribution in [0.15, 0.2) is 42.5 Å². The minimum Gasteiger partial charge on any atom is -0.481 e. The highest BCUT2D eigenvalue weighted by Crippen LogP contribution is 2.17. The lowest BCUT2D eigenvalue weighted by Gasteiger charge is -2.26. The molecule has 0 radical (unpaired) electrons. The lowest BCUT2D eigenvalue weighted by atomic mass is 10.00. The fourth-order valence-corrected chi connectivity index (χ4v) is 4.59. The Labute approximate surface area is 280 Å². The van der Waals surface area contributed by atoms with Gasteiger partial charge in [0.15, 0.2) is 0 Å². The number of aliphatic hydroxyl groups is 1. The van der Waals surface area contributed by atoms with Crippen molar-refractivity contribution < 1.29 is 48.6 Å². The largest absolute Gasteiger partial charge is 0.481 e. The zero-order valence-corrected chi connectivity index (χ0v) is 26.9. The molecule has 0 spiro atoms. The van der Waals surface area contributed by atoms with Crippen LogP contribution in [0.1, 0.15) is 32.3 Å². The Morgan fingerprint density at radius 2 is 1.27 bits per heavy atom. The monoisotopic (exact) mass is 686 g/mol. The molecule has 0 fully saturated rings. The van der Waals surface area contributed by atoms with Crippen LogP contribution in [0.25, 0.3) is 10.8 Å². The van der Waals surface area contributed by atoms with E-state index in [1.54, 1.807) is 38.1 Å². The second kappa shape index (κ2) is 18.6. The van der Waals surface area contributed by atoms with Gasteiger partial charge in [0.05, 0.1) is 32.0 Å². The molecule has 0 bridgehead atoms. The number of aliphatic hydroxyl groups excluding tert-OH is 1. The van der Waals surface area contributed by atoms with E-state index < -0.39 is 109 Å². The second-order valence-electron chi connectivity index (χ2n) is 11.5. The van der Waals surface area contributed by atoms with Crippen molar-refractivity contribution in [1.82, 2.24) is 26.6 Å². The molecule has 0 saturated heterocycles. The van der Waals surface area contributed by atoms with Crippen molar-refractivity contribution in [3.8, 4) is 0 Å². The van der Waals surface area contributed by atoms with Gasteiger partial charge >= 0.3 is 5.97 Å². The summed E-state index contributed by atoms with van der Waals surface area (Å²) in [5, 5.41) is 32.2. The minimum absolute atomic E-state index is 0.150. The molecule has 0 saturated carbocycles. The molecule has 13 N–H and O–H groups in total. The Balaban J connectivity index is 2.29. The molecule has 266 valence electrons. The Kier molecular flexibility index (Phi) is 15.1. The maximum atomic E-state index is 13.6. The first-order valence-corrected chi connectivity index (χ1v) is 15.1. The van der Waals surface area contributed by atoms with Crippen molar-refractivity contribution in [2.24, 2.45) is 23.1 Å². The summed E-state index contributed by atoms with van der Waals surface area (Å²) in [6, 6.07) is 5.03. The summed E-state index contributed by atoms with van der Waals surface area (Å²) in [6.45, 7) is 1.70. The topological polar surface area (TPSA) is 315 Å². The van der Waals surface area contributed by atoms with Gasteiger partial charge in [0.25, 0.3) is 0 Å². The lowest BCUT2D eigenvalue weighted by molar-refractivity contribution is -0.140. The number of nitrogens with two attached hydrogens (primary N) is 3. The summed E-state index contributed by atoms with van der Waals surface area (Å²) >= 11 is 0. The van der Waals surface area contributed by atoms with Gasteiger partial charge in [-0.2, -0.15) is 0 Å². The van der Waals surface area contributed by atoms with Gasteiger partial charge in [0, 0.05) is 6.42 Å². The second-order valence-corrected chi connectivity index (χ2v) is 11.5. The van der Waals surface area contributed by atoms with Crippen LogP contribution < -0.4 is 43.8 Å². The third kappa shape index (κ3) is 12.8. The maximum absolute atomic E-state index is 13.6. The molecule has 49 heavy (non-hydrogen) atoms. The van der Waals surface area contributed by atoms with E-state index in [0.29, 0.717) is 5.56 Å². The normalized spacial score (nSPS) is 14.0. The molecule has 18 heteroatoms. The van der Waals surface area contributed by atoms with Gasteiger partial charge in [-0.25, -0.2) is 0 Å². The summed E-state index contributed by atoms with van der Waals surface area (Å²) in [5.41, 5.74) is 16.6. The van der Waals surface area contributed by atoms with Gasteiger partial charge in [-0.05, 0) is 22.3 Å². The van der Waals surface area contributed by atoms with Crippen molar-refractivity contribution in [1.29, 1.82) is 0 Å². The van der Waals surface area contributed by atoms with E-state index in [4.69, 9.17) is 22.3 Å². The number of benzene rings is 2. The predicted octanol–water partition coefficient (Wildman–Crippen LogP) is -3.75. The number of hydrogen-bond donors (Lipinski definition) is 10. The number of amides is 7. The quantitative estimate of drug-likeness (QED) is 0.0684. The van der Waals surface area contributed by atoms with E-state index >= 15 is 0 Å². The number of nitrogens with one attached hydrogen (secondary N) is 5. The summed E-state index contributed by atoms with van der Waals surface area (Å²) in [4.78, 5) is 99.1. The number of carbonyl (C=O) groups excluding carboxylic acids is 7. The number of hydrogen-bond acceptors (Lipinski definition) is 10. The molecular weight excluding hydrogens is 644 g/mol. The number of rotatable bonds is 19. The first kappa shape index (κ1) is 39.6. The Morgan fingerprint density at radius 1 is 0.694 bits per heavy atom. The van der Waals surface area contributed by atoms with Crippen LogP contribution in [-0.4, -0.2) is 101 Å². The third-order valence-corrected chi connectivity index (χ3v) is 7.16. The van der Waals surface area contributed by atoms with Crippen molar-refractivity contribution in [3.63, 3.8) is 0 Å². The van der Waals surface area contributed by atoms with Crippen LogP contribution in [0.3, 0.4) is 0 Å². The zero-order chi connectivity index (χ0) is 36.8. The van der Waals surface area contributed by atoms with Gasteiger partial charge in [-0.3, -0.25) is 38.4 Å². The molecule has 0 aromatic heterocycles. The van der Waals surface area contributed by atoms with E-state index in [-0.39, 0.29) is 6.42 Å². The van der Waals surface area contributed by atoms with E-state index in [9.17, 15) is 43.5 Å². The van der Waals surface area contributed by atoms with Crippen molar-refractivity contribution >= 4 is 58.1 Å². The molecule has 2 aromatic rings. The van der Waals surface area contributed by atoms with Crippen LogP contribution in [-0.2, 0) is 44.8 Å². The number of carboxylic acid groups (broad SMARTS) is 1. The number of fused-ring (bicyclic) bond motifs is 1. The maximum Gasteiger partial charge on any atom is 0.305 e. The standard InChI is InChI=1S/C31H42N8O10/c1-15(2)26(31(49)35-13-24(34)42)39-30(48)22(14-40)38-29(47)21(12-23(33)41)37-28(46)20(36-27(45)19(32)11-25(43)44)10-16-7-8-17-5-3-4-6-18(17)9-16/h3-9,15,19-22,26,40H,10-14,32H2,1-2H3,(H2,33,41)(H2,34,42)(H,35,49)(H,36,45)(H,37,46)(H,38,47)(H,39,48)(H,43,44)/t19-,20-,21-,22-,26-/m0/s1. The van der Waals surface area contributed by atoms with Crippen LogP contribution >= 0.6 is 0 Å². The van der Waals surface area contributed by atoms with Gasteiger partial charge in [-0.15, -0.1) is 0 Å². The van der Waals surface area contributed by atoms with Gasteiger partial charge in [-0.1, -0.05) is 56.3 Å². The fourth-order valence-electron chi connectivity index (χ4n) is 4.59. The van der Waals surface area contributed by atoms with Crippen LogP contribution in [0.5, 0.6) is 0 Å². The first-order chi connectivity index (χ1) is 23.0. The number of aliphatic carboxylic acids is 1. The zero-order valence-electron chi connectivity index (χ0n) is 26.9. The fraction of sp³-hybridized carbons (Fsp3) is 0.419. The number of carboxylic acids is 1. The van der Waals surface area contributed by atoms with E-state index in [2.05, 4.69) is 26.6 Å². The molecule has 0 unspecified atom stereocenters. The molecule has 18 nitrogen and oxygen atoms in total. The molecule has 5 atom stereocenters.